The van der Waals surface area contributed by atoms with Crippen molar-refractivity contribution >= 4 is 11.9 Å². The molecular weight excluding hydrogens is 250 g/mol. The predicted octanol–water partition coefficient (Wildman–Crippen LogP) is 0.122. The highest BCUT2D eigenvalue weighted by atomic mass is 16.5. The van der Waals surface area contributed by atoms with Gasteiger partial charge in [-0.05, 0) is 12.8 Å². The summed E-state index contributed by atoms with van der Waals surface area (Å²) < 4.78 is 15.1. The molecule has 2 bridgehead atoms. The fourth-order valence-electron chi connectivity index (χ4n) is 2.41. The van der Waals surface area contributed by atoms with Crippen molar-refractivity contribution in [2.45, 2.75) is 25.0 Å². The third-order valence-electron chi connectivity index (χ3n) is 3.33. The van der Waals surface area contributed by atoms with Crippen LogP contribution in [0.25, 0.3) is 0 Å². The van der Waals surface area contributed by atoms with E-state index in [0.29, 0.717) is 25.4 Å². The molecule has 2 saturated heterocycles. The molecule has 0 spiro atoms. The molecular formula is C13H19NO5. The smallest absolute Gasteiger partial charge is 0.331 e. The van der Waals surface area contributed by atoms with Crippen molar-refractivity contribution in [2.75, 3.05) is 33.4 Å². The number of ether oxygens (including phenoxy) is 3. The van der Waals surface area contributed by atoms with Crippen molar-refractivity contribution in [3.05, 3.63) is 12.2 Å². The van der Waals surface area contributed by atoms with Gasteiger partial charge < -0.3 is 14.2 Å². The SMILES string of the molecule is COC(=O)/C=C/C(=O)OCCN1CC2CCC(C1)O2. The molecule has 0 saturated carbocycles. The molecule has 2 unspecified atom stereocenters. The average molecular weight is 269 g/mol. The van der Waals surface area contributed by atoms with Crippen LogP contribution in [0.4, 0.5) is 0 Å². The van der Waals surface area contributed by atoms with Gasteiger partial charge in [0.25, 0.3) is 0 Å². The Labute approximate surface area is 112 Å². The molecule has 106 valence electrons. The van der Waals surface area contributed by atoms with Gasteiger partial charge in [0.15, 0.2) is 0 Å². The number of fused-ring (bicyclic) bond motifs is 2. The van der Waals surface area contributed by atoms with Gasteiger partial charge in [0, 0.05) is 31.8 Å². The van der Waals surface area contributed by atoms with Crippen molar-refractivity contribution in [1.82, 2.24) is 4.90 Å². The number of hydrogen-bond donors (Lipinski definition) is 0. The van der Waals surface area contributed by atoms with E-state index in [9.17, 15) is 9.59 Å². The number of esters is 2. The Morgan fingerprint density at radius 3 is 2.47 bits per heavy atom. The molecule has 0 aromatic carbocycles. The van der Waals surface area contributed by atoms with Crippen LogP contribution in [0.1, 0.15) is 12.8 Å². The minimum Gasteiger partial charge on any atom is -0.466 e. The van der Waals surface area contributed by atoms with Crippen molar-refractivity contribution in [3.63, 3.8) is 0 Å². The summed E-state index contributed by atoms with van der Waals surface area (Å²) in [7, 11) is 1.25. The van der Waals surface area contributed by atoms with Gasteiger partial charge in [-0.15, -0.1) is 0 Å². The van der Waals surface area contributed by atoms with E-state index in [1.54, 1.807) is 0 Å². The minimum absolute atomic E-state index is 0.323. The number of carbonyl (C=O) groups is 2. The molecule has 0 aliphatic carbocycles. The van der Waals surface area contributed by atoms with Gasteiger partial charge in [-0.3, -0.25) is 4.90 Å². The topological polar surface area (TPSA) is 65.1 Å². The summed E-state index contributed by atoms with van der Waals surface area (Å²) in [4.78, 5) is 24.3. The zero-order valence-corrected chi connectivity index (χ0v) is 11.0. The third kappa shape index (κ3) is 4.33. The molecule has 6 heteroatoms. The van der Waals surface area contributed by atoms with E-state index in [4.69, 9.17) is 9.47 Å². The van der Waals surface area contributed by atoms with Crippen molar-refractivity contribution < 1.29 is 23.8 Å². The lowest BCUT2D eigenvalue weighted by Gasteiger charge is -2.31. The molecule has 2 atom stereocenters. The van der Waals surface area contributed by atoms with Crippen molar-refractivity contribution in [1.29, 1.82) is 0 Å². The van der Waals surface area contributed by atoms with Crippen LogP contribution < -0.4 is 0 Å². The second-order valence-corrected chi connectivity index (χ2v) is 4.74. The lowest BCUT2D eigenvalue weighted by atomic mass is 10.2. The lowest BCUT2D eigenvalue weighted by Crippen LogP contribution is -2.44. The summed E-state index contributed by atoms with van der Waals surface area (Å²) in [6.45, 7) is 2.84. The van der Waals surface area contributed by atoms with Crippen LogP contribution >= 0.6 is 0 Å². The molecule has 2 aliphatic heterocycles. The van der Waals surface area contributed by atoms with Gasteiger partial charge in [-0.2, -0.15) is 0 Å². The number of hydrogen-bond acceptors (Lipinski definition) is 6. The quantitative estimate of drug-likeness (QED) is 0.522. The van der Waals surface area contributed by atoms with Gasteiger partial charge in [0.1, 0.15) is 6.61 Å². The minimum atomic E-state index is -0.568. The van der Waals surface area contributed by atoms with E-state index in [-0.39, 0.29) is 0 Å². The molecule has 0 amide bonds. The molecule has 19 heavy (non-hydrogen) atoms. The summed E-state index contributed by atoms with van der Waals surface area (Å²) in [5.41, 5.74) is 0. The lowest BCUT2D eigenvalue weighted by molar-refractivity contribution is -0.140. The fourth-order valence-corrected chi connectivity index (χ4v) is 2.41. The zero-order valence-electron chi connectivity index (χ0n) is 11.0. The third-order valence-corrected chi connectivity index (χ3v) is 3.33. The van der Waals surface area contributed by atoms with Gasteiger partial charge in [-0.25, -0.2) is 9.59 Å². The summed E-state index contributed by atoms with van der Waals surface area (Å²) in [5.74, 6) is -1.09. The van der Waals surface area contributed by atoms with Gasteiger partial charge in [0.05, 0.1) is 19.3 Å². The highest BCUT2D eigenvalue weighted by molar-refractivity contribution is 5.91. The number of carbonyl (C=O) groups excluding carboxylic acids is 2. The first kappa shape index (κ1) is 14.0. The molecule has 0 radical (unpaired) electrons. The molecule has 2 aliphatic rings. The van der Waals surface area contributed by atoms with Crippen LogP contribution in [0.2, 0.25) is 0 Å². The van der Waals surface area contributed by atoms with E-state index in [2.05, 4.69) is 9.64 Å². The summed E-state index contributed by atoms with van der Waals surface area (Å²) in [6, 6.07) is 0. The summed E-state index contributed by atoms with van der Waals surface area (Å²) in [6.07, 6.45) is 5.07. The number of morpholine rings is 1. The Morgan fingerprint density at radius 2 is 1.84 bits per heavy atom. The van der Waals surface area contributed by atoms with Crippen LogP contribution in [-0.4, -0.2) is 62.4 Å². The highest BCUT2D eigenvalue weighted by Gasteiger charge is 2.33. The second-order valence-electron chi connectivity index (χ2n) is 4.74. The maximum Gasteiger partial charge on any atom is 0.331 e. The summed E-state index contributed by atoms with van der Waals surface area (Å²) in [5, 5.41) is 0. The number of methoxy groups -OCH3 is 1. The Hall–Kier alpha value is -1.40. The van der Waals surface area contributed by atoms with Gasteiger partial charge >= 0.3 is 11.9 Å². The number of nitrogens with zero attached hydrogens (tertiary/aromatic N) is 1. The van der Waals surface area contributed by atoms with E-state index in [0.717, 1.165) is 38.1 Å². The van der Waals surface area contributed by atoms with Crippen LogP contribution in [0.15, 0.2) is 12.2 Å². The van der Waals surface area contributed by atoms with E-state index in [1.807, 2.05) is 0 Å². The van der Waals surface area contributed by atoms with Crippen molar-refractivity contribution in [2.24, 2.45) is 0 Å². The monoisotopic (exact) mass is 269 g/mol. The van der Waals surface area contributed by atoms with E-state index < -0.39 is 11.9 Å². The number of rotatable bonds is 5. The Kier molecular flexibility index (Phi) is 4.93. The molecule has 6 nitrogen and oxygen atoms in total. The molecule has 2 fully saturated rings. The van der Waals surface area contributed by atoms with Crippen LogP contribution in [0, 0.1) is 0 Å². The van der Waals surface area contributed by atoms with Crippen LogP contribution in [0.5, 0.6) is 0 Å². The molecule has 2 heterocycles. The second kappa shape index (κ2) is 6.68. The Morgan fingerprint density at radius 1 is 1.21 bits per heavy atom. The van der Waals surface area contributed by atoms with Crippen LogP contribution in [-0.2, 0) is 23.8 Å². The fraction of sp³-hybridized carbons (Fsp3) is 0.692. The van der Waals surface area contributed by atoms with E-state index in [1.165, 1.54) is 7.11 Å². The van der Waals surface area contributed by atoms with Gasteiger partial charge in [-0.1, -0.05) is 0 Å². The predicted molar refractivity (Wildman–Crippen MR) is 66.5 cm³/mol. The summed E-state index contributed by atoms with van der Waals surface area (Å²) >= 11 is 0. The normalized spacial score (nSPS) is 26.6. The maximum atomic E-state index is 11.3. The molecule has 2 rings (SSSR count). The Bertz CT molecular complexity index is 356. The molecule has 0 N–H and O–H groups in total. The first-order valence-electron chi connectivity index (χ1n) is 6.48. The molecule has 0 aromatic heterocycles. The zero-order chi connectivity index (χ0) is 13.7. The largest absolute Gasteiger partial charge is 0.466 e. The molecule has 0 aromatic rings. The standard InChI is InChI=1S/C13H19NO5/c1-17-12(15)4-5-13(16)18-7-6-14-8-10-2-3-11(9-14)19-10/h4-5,10-11H,2-3,6-9H2,1H3/b5-4+. The maximum absolute atomic E-state index is 11.3. The van der Waals surface area contributed by atoms with E-state index >= 15 is 0 Å². The van der Waals surface area contributed by atoms with Gasteiger partial charge in [0.2, 0.25) is 0 Å². The van der Waals surface area contributed by atoms with Crippen LogP contribution in [0.3, 0.4) is 0 Å². The number of likely N-dealkylation sites (tertiary alicyclic amines) is 1. The Balaban J connectivity index is 1.62. The highest BCUT2D eigenvalue weighted by Crippen LogP contribution is 2.25. The van der Waals surface area contributed by atoms with Crippen molar-refractivity contribution in [3.8, 4) is 0 Å². The first-order valence-corrected chi connectivity index (χ1v) is 6.48. The average Bonchev–Trinajstić information content (AvgIpc) is 2.75. The first-order chi connectivity index (χ1) is 9.17.